The summed E-state index contributed by atoms with van der Waals surface area (Å²) in [4.78, 5) is 28.8. The van der Waals surface area contributed by atoms with Gasteiger partial charge in [-0.15, -0.1) is 0 Å². The van der Waals surface area contributed by atoms with Crippen molar-refractivity contribution in [2.24, 2.45) is 0 Å². The number of carbonyl (C=O) groups is 1. The summed E-state index contributed by atoms with van der Waals surface area (Å²) in [6.07, 6.45) is 0.574. The van der Waals surface area contributed by atoms with E-state index in [2.05, 4.69) is 15.2 Å². The molecule has 1 aromatic carbocycles. The summed E-state index contributed by atoms with van der Waals surface area (Å²) in [5, 5.41) is 16.9. The average molecular weight is 324 g/mol. The monoisotopic (exact) mass is 324 g/mol. The molecule has 0 bridgehead atoms. The van der Waals surface area contributed by atoms with E-state index >= 15 is 0 Å². The number of H-pyrrole nitrogens is 2. The molecular formula is C17H16N4O3. The number of aromatic amines is 2. The second kappa shape index (κ2) is 5.61. The van der Waals surface area contributed by atoms with Crippen LogP contribution in [-0.2, 0) is 13.0 Å². The van der Waals surface area contributed by atoms with Crippen LogP contribution in [0.25, 0.3) is 10.9 Å². The van der Waals surface area contributed by atoms with E-state index in [1.54, 1.807) is 4.90 Å². The third kappa shape index (κ3) is 2.30. The summed E-state index contributed by atoms with van der Waals surface area (Å²) >= 11 is 0. The number of aliphatic hydroxyl groups excluding tert-OH is 1. The number of benzene rings is 1. The van der Waals surface area contributed by atoms with Gasteiger partial charge in [-0.25, -0.2) is 5.10 Å². The van der Waals surface area contributed by atoms with Crippen molar-refractivity contribution in [3.63, 3.8) is 0 Å². The Morgan fingerprint density at radius 2 is 2.12 bits per heavy atom. The van der Waals surface area contributed by atoms with Crippen LogP contribution in [0.1, 0.15) is 21.7 Å². The largest absolute Gasteiger partial charge is 0.394 e. The second-order valence-corrected chi connectivity index (χ2v) is 5.91. The molecule has 0 saturated heterocycles. The molecule has 122 valence electrons. The summed E-state index contributed by atoms with van der Waals surface area (Å²) in [5.74, 6) is -0.311. The van der Waals surface area contributed by atoms with Gasteiger partial charge in [-0.3, -0.25) is 9.59 Å². The van der Waals surface area contributed by atoms with Gasteiger partial charge in [-0.1, -0.05) is 18.2 Å². The van der Waals surface area contributed by atoms with Crippen LogP contribution in [0.3, 0.4) is 0 Å². The third-order valence-corrected chi connectivity index (χ3v) is 4.48. The lowest BCUT2D eigenvalue weighted by atomic mass is 9.96. The zero-order valence-corrected chi connectivity index (χ0v) is 12.8. The number of amides is 1. The van der Waals surface area contributed by atoms with Crippen LogP contribution >= 0.6 is 0 Å². The number of para-hydroxylation sites is 1. The van der Waals surface area contributed by atoms with E-state index in [0.717, 1.165) is 22.2 Å². The lowest BCUT2D eigenvalue weighted by molar-refractivity contribution is 0.0534. The minimum atomic E-state index is -0.359. The highest BCUT2D eigenvalue weighted by molar-refractivity contribution is 5.93. The van der Waals surface area contributed by atoms with E-state index in [1.165, 1.54) is 12.1 Å². The molecule has 3 aromatic rings. The Balaban J connectivity index is 1.72. The molecule has 0 radical (unpaired) electrons. The summed E-state index contributed by atoms with van der Waals surface area (Å²) < 4.78 is 0. The van der Waals surface area contributed by atoms with E-state index < -0.39 is 0 Å². The number of fused-ring (bicyclic) bond motifs is 3. The predicted molar refractivity (Wildman–Crippen MR) is 87.6 cm³/mol. The van der Waals surface area contributed by atoms with E-state index in [0.29, 0.717) is 13.0 Å². The van der Waals surface area contributed by atoms with E-state index in [9.17, 15) is 14.7 Å². The highest BCUT2D eigenvalue weighted by atomic mass is 16.3. The van der Waals surface area contributed by atoms with Gasteiger partial charge in [0.2, 0.25) is 0 Å². The number of nitrogens with one attached hydrogen (secondary N) is 2. The normalized spacial score (nSPS) is 17.0. The number of hydrogen-bond donors (Lipinski definition) is 3. The Morgan fingerprint density at radius 3 is 2.88 bits per heavy atom. The van der Waals surface area contributed by atoms with Gasteiger partial charge in [0, 0.05) is 22.7 Å². The van der Waals surface area contributed by atoms with Crippen molar-refractivity contribution in [2.75, 3.05) is 6.61 Å². The number of rotatable bonds is 2. The molecular weight excluding hydrogens is 308 g/mol. The van der Waals surface area contributed by atoms with Crippen LogP contribution in [0.5, 0.6) is 0 Å². The van der Waals surface area contributed by atoms with Gasteiger partial charge in [0.05, 0.1) is 19.2 Å². The molecule has 2 aromatic heterocycles. The smallest absolute Gasteiger partial charge is 0.274 e. The predicted octanol–water partition coefficient (Wildman–Crippen LogP) is 0.811. The molecule has 0 aliphatic carbocycles. The SMILES string of the molecule is O=C(c1ccc(=O)[nH]n1)N1Cc2[nH]c3ccccc3c2CC1CO. The van der Waals surface area contributed by atoms with Crippen molar-refractivity contribution in [3.8, 4) is 0 Å². The molecule has 3 heterocycles. The van der Waals surface area contributed by atoms with Gasteiger partial charge < -0.3 is 15.0 Å². The van der Waals surface area contributed by atoms with Crippen LogP contribution in [-0.4, -0.2) is 43.7 Å². The second-order valence-electron chi connectivity index (χ2n) is 5.91. The number of hydrogen-bond acceptors (Lipinski definition) is 4. The van der Waals surface area contributed by atoms with Gasteiger partial charge in [-0.2, -0.15) is 5.10 Å². The van der Waals surface area contributed by atoms with Crippen LogP contribution in [0.15, 0.2) is 41.2 Å². The molecule has 1 amide bonds. The summed E-state index contributed by atoms with van der Waals surface area (Å²) in [6.45, 7) is 0.239. The topological polar surface area (TPSA) is 102 Å². The summed E-state index contributed by atoms with van der Waals surface area (Å²) in [5.41, 5.74) is 2.94. The van der Waals surface area contributed by atoms with Crippen LogP contribution in [0.2, 0.25) is 0 Å². The minimum Gasteiger partial charge on any atom is -0.394 e. The first kappa shape index (κ1) is 14.6. The molecule has 0 saturated carbocycles. The molecule has 1 aliphatic heterocycles. The first-order valence-electron chi connectivity index (χ1n) is 7.73. The maximum Gasteiger partial charge on any atom is 0.274 e. The molecule has 1 atom stereocenters. The molecule has 7 heteroatoms. The standard InChI is InChI=1S/C17H16N4O3/c22-9-10-7-12-11-3-1-2-4-13(11)18-15(12)8-21(10)17(24)14-5-6-16(23)20-19-14/h1-6,10,18,22H,7-9H2,(H,20,23). The summed E-state index contributed by atoms with van der Waals surface area (Å²) in [7, 11) is 0. The third-order valence-electron chi connectivity index (χ3n) is 4.48. The Morgan fingerprint density at radius 1 is 1.29 bits per heavy atom. The lowest BCUT2D eigenvalue weighted by Crippen LogP contribution is -2.46. The van der Waals surface area contributed by atoms with Gasteiger partial charge in [-0.05, 0) is 24.1 Å². The fraction of sp³-hybridized carbons (Fsp3) is 0.235. The number of carbonyl (C=O) groups excluding carboxylic acids is 1. The van der Waals surface area contributed by atoms with Crippen LogP contribution < -0.4 is 5.56 Å². The van der Waals surface area contributed by atoms with Gasteiger partial charge in [0.15, 0.2) is 0 Å². The van der Waals surface area contributed by atoms with E-state index in [1.807, 2.05) is 24.3 Å². The number of aliphatic hydroxyl groups is 1. The van der Waals surface area contributed by atoms with Gasteiger partial charge >= 0.3 is 0 Å². The van der Waals surface area contributed by atoms with Crippen LogP contribution in [0.4, 0.5) is 0 Å². The average Bonchev–Trinajstić information content (AvgIpc) is 2.98. The molecule has 24 heavy (non-hydrogen) atoms. The maximum atomic E-state index is 12.7. The lowest BCUT2D eigenvalue weighted by Gasteiger charge is -2.34. The molecule has 3 N–H and O–H groups in total. The van der Waals surface area contributed by atoms with Crippen LogP contribution in [0, 0.1) is 0 Å². The molecule has 4 rings (SSSR count). The van der Waals surface area contributed by atoms with Crippen molar-refractivity contribution in [2.45, 2.75) is 19.0 Å². The summed E-state index contributed by atoms with van der Waals surface area (Å²) in [6, 6.07) is 10.3. The Hall–Kier alpha value is -2.93. The maximum absolute atomic E-state index is 12.7. The Bertz CT molecular complexity index is 955. The van der Waals surface area contributed by atoms with Crippen molar-refractivity contribution in [1.82, 2.24) is 20.1 Å². The fourth-order valence-electron chi connectivity index (χ4n) is 3.28. The minimum absolute atomic E-state index is 0.131. The number of nitrogens with zero attached hydrogens (tertiary/aromatic N) is 2. The molecule has 7 nitrogen and oxygen atoms in total. The number of aromatic nitrogens is 3. The van der Waals surface area contributed by atoms with Crippen molar-refractivity contribution in [1.29, 1.82) is 0 Å². The molecule has 0 spiro atoms. The highest BCUT2D eigenvalue weighted by Crippen LogP contribution is 2.30. The van der Waals surface area contributed by atoms with Gasteiger partial charge in [0.1, 0.15) is 5.69 Å². The first-order valence-corrected chi connectivity index (χ1v) is 7.73. The first-order chi connectivity index (χ1) is 11.7. The van der Waals surface area contributed by atoms with Crippen molar-refractivity contribution >= 4 is 16.8 Å². The Labute approximate surface area is 136 Å². The Kier molecular flexibility index (Phi) is 3.42. The zero-order valence-electron chi connectivity index (χ0n) is 12.8. The van der Waals surface area contributed by atoms with Gasteiger partial charge in [0.25, 0.3) is 11.5 Å². The fourth-order valence-corrected chi connectivity index (χ4v) is 3.28. The zero-order chi connectivity index (χ0) is 16.7. The van der Waals surface area contributed by atoms with E-state index in [-0.39, 0.29) is 29.8 Å². The molecule has 1 unspecified atom stereocenters. The highest BCUT2D eigenvalue weighted by Gasteiger charge is 2.32. The molecule has 0 fully saturated rings. The van der Waals surface area contributed by atoms with Crippen molar-refractivity contribution in [3.05, 3.63) is 63.7 Å². The molecule has 1 aliphatic rings. The van der Waals surface area contributed by atoms with E-state index in [4.69, 9.17) is 0 Å². The quantitative estimate of drug-likeness (QED) is 0.649. The van der Waals surface area contributed by atoms with Crippen molar-refractivity contribution < 1.29 is 9.90 Å².